The van der Waals surface area contributed by atoms with E-state index in [1.165, 1.54) is 22.3 Å². The van der Waals surface area contributed by atoms with Crippen molar-refractivity contribution in [3.8, 4) is 70.7 Å². The summed E-state index contributed by atoms with van der Waals surface area (Å²) in [6.07, 6.45) is 6.08. The molecule has 0 spiro atoms. The summed E-state index contributed by atoms with van der Waals surface area (Å²) < 4.78 is 45.4. The maximum Gasteiger partial charge on any atom is 0.408 e. The number of hydrogen-bond acceptors (Lipinski definition) is 10. The molecule has 17 rings (SSSR count). The third-order valence-electron chi connectivity index (χ3n) is 26.4. The fourth-order valence-electron chi connectivity index (χ4n) is 21.4. The average Bonchev–Trinajstić information content (AvgIpc) is 0.663. The molecule has 0 aromatic heterocycles. The van der Waals surface area contributed by atoms with Crippen LogP contribution in [-0.4, -0.2) is 70.9 Å². The number of nitrogens with zero attached hydrogens (tertiary/aromatic N) is 2. The van der Waals surface area contributed by atoms with Crippen molar-refractivity contribution in [1.29, 1.82) is 5.26 Å². The van der Waals surface area contributed by atoms with E-state index in [9.17, 15) is 9.83 Å². The van der Waals surface area contributed by atoms with Crippen molar-refractivity contribution in [3.05, 3.63) is 446 Å². The van der Waals surface area contributed by atoms with E-state index in [4.69, 9.17) is 23.3 Å². The molecule has 4 aliphatic rings. The van der Waals surface area contributed by atoms with Gasteiger partial charge >= 0.3 is 7.75 Å². The van der Waals surface area contributed by atoms with Crippen molar-refractivity contribution in [3.63, 3.8) is 0 Å². The third kappa shape index (κ3) is 18.3. The van der Waals surface area contributed by atoms with E-state index >= 15 is 0 Å². The molecule has 0 radical (unpaired) electrons. The number of benzene rings is 13. The molecular formula is C116H110N5O6P. The van der Waals surface area contributed by atoms with Gasteiger partial charge in [-0.05, 0) is 245 Å². The summed E-state index contributed by atoms with van der Waals surface area (Å²) in [5.74, 6) is 30.9. The minimum absolute atomic E-state index is 0.00690. The number of hydrogen-bond donors (Lipinski definition) is 3. The normalized spacial score (nSPS) is 17.9. The Balaban J connectivity index is 0.772. The van der Waals surface area contributed by atoms with Crippen molar-refractivity contribution in [2.24, 2.45) is 0 Å². The quantitative estimate of drug-likeness (QED) is 0.0166. The van der Waals surface area contributed by atoms with Crippen LogP contribution in [0.25, 0.3) is 0 Å². The second kappa shape index (κ2) is 39.5. The molecule has 4 bridgehead atoms. The van der Waals surface area contributed by atoms with Gasteiger partial charge in [-0.1, -0.05) is 314 Å². The van der Waals surface area contributed by atoms with Crippen LogP contribution in [-0.2, 0) is 51.9 Å². The monoisotopic (exact) mass is 1700 g/mol. The predicted octanol–water partition coefficient (Wildman–Crippen LogP) is 22.9. The molecule has 4 fully saturated rings. The Kier molecular flexibility index (Phi) is 27.3. The summed E-state index contributed by atoms with van der Waals surface area (Å²) in [7, 11) is 1.36. The topological polar surface area (TPSA) is 126 Å². The van der Waals surface area contributed by atoms with Crippen LogP contribution in [0.5, 0.6) is 17.2 Å². The number of ether oxygens (including phenoxy) is 3. The van der Waals surface area contributed by atoms with Crippen molar-refractivity contribution in [1.82, 2.24) is 20.6 Å². The summed E-state index contributed by atoms with van der Waals surface area (Å²) in [5.41, 5.74) is 15.4. The van der Waals surface area contributed by atoms with Gasteiger partial charge in [0, 0.05) is 40.8 Å². The fourth-order valence-corrected chi connectivity index (χ4v) is 23.6. The lowest BCUT2D eigenvalue weighted by atomic mass is 9.32. The van der Waals surface area contributed by atoms with E-state index in [0.717, 1.165) is 128 Å². The van der Waals surface area contributed by atoms with Gasteiger partial charge in [-0.15, -0.1) is 0 Å². The molecular weight excluding hydrogens is 1590 g/mol. The molecule has 3 N–H and O–H groups in total. The summed E-state index contributed by atoms with van der Waals surface area (Å²) in [6, 6.07) is 128. The van der Waals surface area contributed by atoms with Gasteiger partial charge in [-0.25, -0.2) is 9.24 Å². The second-order valence-electron chi connectivity index (χ2n) is 34.8. The van der Waals surface area contributed by atoms with Crippen LogP contribution in [0.4, 0.5) is 0 Å². The van der Waals surface area contributed by atoms with Gasteiger partial charge in [-0.3, -0.25) is 25.0 Å². The maximum atomic E-state index is 14.5. The molecule has 13 aromatic carbocycles. The smallest absolute Gasteiger partial charge is 0.408 e. The third-order valence-corrected chi connectivity index (χ3v) is 28.9. The van der Waals surface area contributed by atoms with Crippen LogP contribution in [0.15, 0.2) is 352 Å². The van der Waals surface area contributed by atoms with Crippen LogP contribution < -0.4 is 30.2 Å². The van der Waals surface area contributed by atoms with Gasteiger partial charge in [0.1, 0.15) is 17.2 Å². The molecule has 4 saturated carbocycles. The van der Waals surface area contributed by atoms with E-state index in [1.807, 2.05) is 64.1 Å². The largest absolute Gasteiger partial charge is 0.497 e. The first-order valence-corrected chi connectivity index (χ1v) is 46.0. The Morgan fingerprint density at radius 1 is 0.312 bits per heavy atom. The van der Waals surface area contributed by atoms with Crippen molar-refractivity contribution in [2.45, 2.75) is 129 Å². The number of methoxy groups -OCH3 is 3. The molecule has 128 heavy (non-hydrogen) atoms. The minimum atomic E-state index is -3.75. The summed E-state index contributed by atoms with van der Waals surface area (Å²) in [6.45, 7) is 9.20. The standard InChI is InChI=1S/C116H110N5O6P/c1-88(2)121(89(3)4)128(122,127-81-31-76-117)126-80-27-26-32-90-48-56-94(57-49-90)110-82-111(95-58-50-91(51-59-95)33-28-77-118-114(98-36-14-8-15-37-98,99-38-16-9-17-39-99)104-64-70-107(123-5)71-65-104)85-112(83-110,96-60-52-92(53-61-96)34-29-78-119-115(100-40-18-10-19-41-100,101-42-20-11-21-43-101)105-66-72-108(124-6)73-67-105)87-113(84-110,86-111)97-62-54-93(55-63-97)35-30-79-120-116(102-44-22-12-23-45-102,103-46-24-13-25-47-103)106-68-74-109(125-7)75-69-106/h8-25,36-75,88-89,118-120H,27,31,77-87H2,1-7H3. The van der Waals surface area contributed by atoms with Crippen molar-refractivity contribution >= 4 is 7.75 Å². The highest BCUT2D eigenvalue weighted by Crippen LogP contribution is 2.75. The van der Waals surface area contributed by atoms with Gasteiger partial charge in [0.25, 0.3) is 0 Å². The molecule has 0 heterocycles. The molecule has 0 amide bonds. The van der Waals surface area contributed by atoms with Crippen molar-refractivity contribution in [2.75, 3.05) is 54.2 Å². The molecule has 0 saturated heterocycles. The highest BCUT2D eigenvalue weighted by atomic mass is 31.2. The van der Waals surface area contributed by atoms with E-state index in [2.05, 4.69) is 385 Å². The molecule has 640 valence electrons. The summed E-state index contributed by atoms with van der Waals surface area (Å²) >= 11 is 0. The van der Waals surface area contributed by atoms with Crippen LogP contribution in [0.3, 0.4) is 0 Å². The molecule has 11 nitrogen and oxygen atoms in total. The zero-order valence-electron chi connectivity index (χ0n) is 74.1. The second-order valence-corrected chi connectivity index (χ2v) is 36.7. The van der Waals surface area contributed by atoms with E-state index in [1.54, 1.807) is 26.0 Å². The Hall–Kier alpha value is -13.0. The Morgan fingerprint density at radius 3 is 0.750 bits per heavy atom. The van der Waals surface area contributed by atoms with Gasteiger partial charge in [0.05, 0.1) is 83.3 Å². The van der Waals surface area contributed by atoms with Crippen molar-refractivity contribution < 1.29 is 27.8 Å². The fraction of sp³-hybridized carbons (Fsp3) is 0.250. The zero-order chi connectivity index (χ0) is 88.5. The van der Waals surface area contributed by atoms with Gasteiger partial charge < -0.3 is 14.2 Å². The first-order valence-electron chi connectivity index (χ1n) is 44.5. The highest BCUT2D eigenvalue weighted by Gasteiger charge is 2.69. The van der Waals surface area contributed by atoms with Crippen LogP contribution in [0.2, 0.25) is 0 Å². The van der Waals surface area contributed by atoms with Crippen LogP contribution >= 0.6 is 7.75 Å². The minimum Gasteiger partial charge on any atom is -0.497 e. The maximum absolute atomic E-state index is 14.5. The Bertz CT molecular complexity index is 5620. The molecule has 13 aromatic rings. The SMILES string of the molecule is COc1ccc(C(NCC#Cc2ccc(C34CC5(c6ccc(C#CCCOP(=O)(OCCC#N)N(C(C)C)C(C)C)cc6)CC(c6ccc(C#CCNC(c7ccccc7)(c7ccccc7)c7ccc(OC)cc7)cc6)(C3)CC(c3ccc(C#CCNC(c6ccccc6)(c6ccccc6)c6ccc(OC)cc6)cc3)(C5)C4)cc2)(c2ccccc2)c2ccccc2)cc1. The van der Waals surface area contributed by atoms with E-state index in [-0.39, 0.29) is 53.4 Å². The van der Waals surface area contributed by atoms with E-state index < -0.39 is 24.4 Å². The lowest BCUT2D eigenvalue weighted by molar-refractivity contribution is -0.0691. The Labute approximate surface area is 757 Å². The highest BCUT2D eigenvalue weighted by molar-refractivity contribution is 7.51. The summed E-state index contributed by atoms with van der Waals surface area (Å²) in [4.78, 5) is 0. The lowest BCUT2D eigenvalue weighted by Gasteiger charge is -2.71. The Morgan fingerprint density at radius 2 is 0.531 bits per heavy atom. The van der Waals surface area contributed by atoms with Gasteiger partial charge in [0.2, 0.25) is 0 Å². The molecule has 1 unspecified atom stereocenters. The van der Waals surface area contributed by atoms with Crippen LogP contribution in [0.1, 0.15) is 174 Å². The number of rotatable bonds is 31. The predicted molar refractivity (Wildman–Crippen MR) is 515 cm³/mol. The van der Waals surface area contributed by atoms with Gasteiger partial charge in [-0.2, -0.15) is 5.26 Å². The zero-order valence-corrected chi connectivity index (χ0v) is 75.0. The van der Waals surface area contributed by atoms with Crippen LogP contribution in [0, 0.1) is 58.7 Å². The van der Waals surface area contributed by atoms with Gasteiger partial charge in [0.15, 0.2) is 0 Å². The first-order chi connectivity index (χ1) is 62.5. The number of nitrogens with one attached hydrogen (secondary N) is 3. The van der Waals surface area contributed by atoms with E-state index in [0.29, 0.717) is 26.1 Å². The molecule has 12 heteroatoms. The first kappa shape index (κ1) is 88.4. The summed E-state index contributed by atoms with van der Waals surface area (Å²) in [5, 5.41) is 21.4. The average molecular weight is 1700 g/mol. The molecule has 0 aliphatic heterocycles. The molecule has 1 atom stereocenters. The molecule has 4 aliphatic carbocycles. The number of nitriles is 1. The lowest BCUT2D eigenvalue weighted by Crippen LogP contribution is -2.67.